The molecule has 0 radical (unpaired) electrons. The fourth-order valence-electron chi connectivity index (χ4n) is 4.84. The Balaban J connectivity index is 1.51. The number of para-hydroxylation sites is 1. The van der Waals surface area contributed by atoms with Gasteiger partial charge in [-0.3, -0.25) is 9.48 Å². The lowest BCUT2D eigenvalue weighted by Gasteiger charge is -2.39. The van der Waals surface area contributed by atoms with Gasteiger partial charge in [-0.05, 0) is 51.3 Å². The Bertz CT molecular complexity index is 1130. The molecule has 5 rings (SSSR count). The van der Waals surface area contributed by atoms with E-state index in [9.17, 15) is 4.79 Å². The number of hydrogen-bond donors (Lipinski definition) is 1. The number of aryl methyl sites for hydroxylation is 2. The number of anilines is 1. The van der Waals surface area contributed by atoms with Crippen LogP contribution in [0.1, 0.15) is 57.4 Å². The Morgan fingerprint density at radius 1 is 1.09 bits per heavy atom. The summed E-state index contributed by atoms with van der Waals surface area (Å²) in [6.45, 7) is 8.28. The van der Waals surface area contributed by atoms with E-state index in [1.807, 2.05) is 40.8 Å². The molecule has 2 atom stereocenters. The van der Waals surface area contributed by atoms with Crippen molar-refractivity contribution in [1.82, 2.24) is 14.7 Å². The van der Waals surface area contributed by atoms with Gasteiger partial charge >= 0.3 is 0 Å². The van der Waals surface area contributed by atoms with Crippen molar-refractivity contribution in [3.63, 3.8) is 0 Å². The number of carbonyl (C=O) groups excluding carboxylic acids is 1. The smallest absolute Gasteiger partial charge is 0.257 e. The lowest BCUT2D eigenvalue weighted by atomic mass is 10.0. The lowest BCUT2D eigenvalue weighted by molar-refractivity contribution is 0.0425. The van der Waals surface area contributed by atoms with Gasteiger partial charge in [0, 0.05) is 30.1 Å². The molecule has 1 aromatic heterocycles. The van der Waals surface area contributed by atoms with E-state index in [0.717, 1.165) is 42.1 Å². The zero-order valence-electron chi connectivity index (χ0n) is 19.0. The van der Waals surface area contributed by atoms with Crippen molar-refractivity contribution in [3.05, 3.63) is 82.2 Å². The van der Waals surface area contributed by atoms with Gasteiger partial charge < -0.3 is 15.0 Å². The quantitative estimate of drug-likeness (QED) is 0.643. The number of rotatable bonds is 5. The van der Waals surface area contributed by atoms with Gasteiger partial charge in [0.05, 0.1) is 23.9 Å². The molecular weight excluding hydrogens is 400 g/mol. The van der Waals surface area contributed by atoms with Gasteiger partial charge in [-0.1, -0.05) is 42.0 Å². The molecule has 32 heavy (non-hydrogen) atoms. The summed E-state index contributed by atoms with van der Waals surface area (Å²) in [6, 6.07) is 16.3. The Morgan fingerprint density at radius 3 is 2.62 bits per heavy atom. The summed E-state index contributed by atoms with van der Waals surface area (Å²) >= 11 is 0. The van der Waals surface area contributed by atoms with E-state index in [2.05, 4.69) is 43.4 Å². The summed E-state index contributed by atoms with van der Waals surface area (Å²) < 4.78 is 7.94. The molecule has 1 saturated heterocycles. The largest absolute Gasteiger partial charge is 0.376 e. The predicted molar refractivity (Wildman–Crippen MR) is 125 cm³/mol. The molecule has 2 aromatic carbocycles. The van der Waals surface area contributed by atoms with Crippen LogP contribution in [0.2, 0.25) is 0 Å². The normalized spacial score (nSPS) is 20.3. The summed E-state index contributed by atoms with van der Waals surface area (Å²) in [5, 5.41) is 8.49. The summed E-state index contributed by atoms with van der Waals surface area (Å²) in [6.07, 6.45) is 1.85. The molecule has 1 N–H and O–H groups in total. The molecule has 0 bridgehead atoms. The van der Waals surface area contributed by atoms with Gasteiger partial charge in [0.2, 0.25) is 0 Å². The standard InChI is InChI=1S/C26H30N4O2/c1-17-10-12-20(13-11-17)15-30-19(3)24(18(2)28-30)25-27-23-9-5-4-8-22(23)26(31)29(25)16-21-7-6-14-32-21/h4-5,8-13,21,25,27H,6-7,14-16H2,1-3H3/t21-,25+/m1/s1. The van der Waals surface area contributed by atoms with E-state index in [0.29, 0.717) is 18.7 Å². The summed E-state index contributed by atoms with van der Waals surface area (Å²) in [5.41, 5.74) is 7.12. The molecule has 2 aliphatic rings. The minimum atomic E-state index is -0.270. The zero-order chi connectivity index (χ0) is 22.2. The molecule has 3 heterocycles. The van der Waals surface area contributed by atoms with Crippen molar-refractivity contribution in [2.24, 2.45) is 0 Å². The van der Waals surface area contributed by atoms with E-state index in [1.165, 1.54) is 11.1 Å². The first-order chi connectivity index (χ1) is 15.5. The van der Waals surface area contributed by atoms with Crippen LogP contribution in [-0.4, -0.2) is 39.8 Å². The second kappa shape index (κ2) is 8.43. The molecule has 3 aromatic rings. The van der Waals surface area contributed by atoms with Crippen molar-refractivity contribution in [1.29, 1.82) is 0 Å². The SMILES string of the molecule is Cc1ccc(Cn2nc(C)c([C@H]3Nc4ccccc4C(=O)N3C[C@H]3CCCO3)c2C)cc1. The van der Waals surface area contributed by atoms with E-state index in [-0.39, 0.29) is 18.2 Å². The van der Waals surface area contributed by atoms with Crippen molar-refractivity contribution in [2.45, 2.75) is 52.4 Å². The highest BCUT2D eigenvalue weighted by molar-refractivity contribution is 6.01. The lowest BCUT2D eigenvalue weighted by Crippen LogP contribution is -2.46. The third-order valence-electron chi connectivity index (χ3n) is 6.61. The summed E-state index contributed by atoms with van der Waals surface area (Å²) in [7, 11) is 0. The van der Waals surface area contributed by atoms with Crippen LogP contribution in [0, 0.1) is 20.8 Å². The fourth-order valence-corrected chi connectivity index (χ4v) is 4.84. The highest BCUT2D eigenvalue weighted by atomic mass is 16.5. The minimum absolute atomic E-state index is 0.0462. The molecule has 0 unspecified atom stereocenters. The van der Waals surface area contributed by atoms with Crippen molar-refractivity contribution in [3.8, 4) is 0 Å². The second-order valence-corrected chi connectivity index (χ2v) is 8.91. The van der Waals surface area contributed by atoms with Crippen LogP contribution in [-0.2, 0) is 11.3 Å². The summed E-state index contributed by atoms with van der Waals surface area (Å²) in [4.78, 5) is 15.5. The van der Waals surface area contributed by atoms with E-state index in [4.69, 9.17) is 9.84 Å². The fraction of sp³-hybridized carbons (Fsp3) is 0.385. The molecular formula is C26H30N4O2. The number of carbonyl (C=O) groups is 1. The number of ether oxygens (including phenoxy) is 1. The van der Waals surface area contributed by atoms with Gasteiger partial charge in [0.1, 0.15) is 6.17 Å². The monoisotopic (exact) mass is 430 g/mol. The van der Waals surface area contributed by atoms with Crippen molar-refractivity contribution in [2.75, 3.05) is 18.5 Å². The maximum absolute atomic E-state index is 13.5. The Morgan fingerprint density at radius 2 is 1.88 bits per heavy atom. The van der Waals surface area contributed by atoms with Crippen LogP contribution in [0.25, 0.3) is 0 Å². The van der Waals surface area contributed by atoms with Gasteiger partial charge in [-0.25, -0.2) is 0 Å². The molecule has 0 spiro atoms. The number of nitrogens with zero attached hydrogens (tertiary/aromatic N) is 3. The Labute approximate surface area is 189 Å². The molecule has 1 fully saturated rings. The van der Waals surface area contributed by atoms with Crippen molar-refractivity contribution >= 4 is 11.6 Å². The van der Waals surface area contributed by atoms with Crippen LogP contribution < -0.4 is 5.32 Å². The van der Waals surface area contributed by atoms with E-state index < -0.39 is 0 Å². The van der Waals surface area contributed by atoms with Crippen LogP contribution >= 0.6 is 0 Å². The van der Waals surface area contributed by atoms with Crippen LogP contribution in [0.4, 0.5) is 5.69 Å². The van der Waals surface area contributed by atoms with Gasteiger partial charge in [-0.15, -0.1) is 0 Å². The molecule has 0 aliphatic carbocycles. The molecule has 6 heteroatoms. The van der Waals surface area contributed by atoms with E-state index >= 15 is 0 Å². The number of hydrogen-bond acceptors (Lipinski definition) is 4. The van der Waals surface area contributed by atoms with E-state index in [1.54, 1.807) is 0 Å². The number of fused-ring (bicyclic) bond motifs is 1. The Kier molecular flexibility index (Phi) is 5.47. The molecule has 0 saturated carbocycles. The van der Waals surface area contributed by atoms with Crippen LogP contribution in [0.3, 0.4) is 0 Å². The molecule has 6 nitrogen and oxygen atoms in total. The maximum Gasteiger partial charge on any atom is 0.257 e. The zero-order valence-corrected chi connectivity index (χ0v) is 19.0. The van der Waals surface area contributed by atoms with Crippen LogP contribution in [0.15, 0.2) is 48.5 Å². The minimum Gasteiger partial charge on any atom is -0.376 e. The van der Waals surface area contributed by atoms with Gasteiger partial charge in [-0.2, -0.15) is 5.10 Å². The Hall–Kier alpha value is -3.12. The average Bonchev–Trinajstić information content (AvgIpc) is 3.40. The highest BCUT2D eigenvalue weighted by Gasteiger charge is 2.37. The first-order valence-corrected chi connectivity index (χ1v) is 11.4. The van der Waals surface area contributed by atoms with Gasteiger partial charge in [0.15, 0.2) is 0 Å². The third kappa shape index (κ3) is 3.79. The third-order valence-corrected chi connectivity index (χ3v) is 6.61. The van der Waals surface area contributed by atoms with Crippen LogP contribution in [0.5, 0.6) is 0 Å². The first kappa shape index (κ1) is 20.8. The molecule has 2 aliphatic heterocycles. The molecule has 166 valence electrons. The first-order valence-electron chi connectivity index (χ1n) is 11.4. The predicted octanol–water partition coefficient (Wildman–Crippen LogP) is 4.60. The number of amides is 1. The number of aromatic nitrogens is 2. The number of benzene rings is 2. The van der Waals surface area contributed by atoms with Gasteiger partial charge in [0.25, 0.3) is 5.91 Å². The summed E-state index contributed by atoms with van der Waals surface area (Å²) in [5.74, 6) is 0.0462. The molecule has 1 amide bonds. The van der Waals surface area contributed by atoms with Crippen molar-refractivity contribution < 1.29 is 9.53 Å². The second-order valence-electron chi connectivity index (χ2n) is 8.91. The average molecular weight is 431 g/mol. The number of nitrogens with one attached hydrogen (secondary N) is 1. The topological polar surface area (TPSA) is 59.4 Å². The highest BCUT2D eigenvalue weighted by Crippen LogP contribution is 2.36. The maximum atomic E-state index is 13.5.